The van der Waals surface area contributed by atoms with Gasteiger partial charge in [0.1, 0.15) is 0 Å². The molecule has 0 saturated heterocycles. The summed E-state index contributed by atoms with van der Waals surface area (Å²) in [5.74, 6) is 0. The van der Waals surface area contributed by atoms with Crippen molar-refractivity contribution >= 4 is 69.0 Å². The Morgan fingerprint density at radius 1 is 0.600 bits per heavy atom. The van der Waals surface area contributed by atoms with Crippen LogP contribution in [0.1, 0.15) is 22.8 Å². The first-order chi connectivity index (χ1) is 12.2. The van der Waals surface area contributed by atoms with Gasteiger partial charge in [0.25, 0.3) is 0 Å². The van der Waals surface area contributed by atoms with Crippen molar-refractivity contribution in [3.05, 3.63) is 68.8 Å². The van der Waals surface area contributed by atoms with E-state index in [4.69, 9.17) is 9.97 Å². The standard InChI is InChI=1S/C20H13IN4/c21-20-18-7-5-16(24-18)10-14-3-1-12(22-14)9-13-2-4-15(23-13)11-17-6-8-19(20)25-17/h1-11,22-23H. The Morgan fingerprint density at radius 3 is 1.52 bits per heavy atom. The fourth-order valence-electron chi connectivity index (χ4n) is 2.97. The van der Waals surface area contributed by atoms with Crippen LogP contribution in [0.3, 0.4) is 0 Å². The highest BCUT2D eigenvalue weighted by Crippen LogP contribution is 2.23. The second kappa shape index (κ2) is 5.70. The summed E-state index contributed by atoms with van der Waals surface area (Å²) in [6.07, 6.45) is 8.14. The van der Waals surface area contributed by atoms with Crippen LogP contribution >= 0.6 is 22.6 Å². The van der Waals surface area contributed by atoms with Crippen LogP contribution in [0.15, 0.2) is 42.5 Å². The van der Waals surface area contributed by atoms with Gasteiger partial charge in [-0.05, 0) is 89.4 Å². The highest BCUT2D eigenvalue weighted by atomic mass is 127. The molecule has 3 aromatic heterocycles. The summed E-state index contributed by atoms with van der Waals surface area (Å²) in [5.41, 5.74) is 7.93. The number of rotatable bonds is 0. The molecule has 4 nitrogen and oxygen atoms in total. The molecule has 0 spiro atoms. The summed E-state index contributed by atoms with van der Waals surface area (Å²) in [6, 6.07) is 14.5. The number of aromatic amines is 2. The average Bonchev–Trinajstić information content (AvgIpc) is 3.36. The molecule has 2 N–H and O–H groups in total. The van der Waals surface area contributed by atoms with Crippen LogP contribution in [0.25, 0.3) is 46.4 Å². The molecule has 120 valence electrons. The van der Waals surface area contributed by atoms with Crippen LogP contribution in [0.2, 0.25) is 0 Å². The first-order valence-corrected chi connectivity index (χ1v) is 9.04. The molecule has 5 heteroatoms. The first kappa shape index (κ1) is 14.7. The van der Waals surface area contributed by atoms with Gasteiger partial charge in [0.05, 0.1) is 26.3 Å². The molecule has 5 rings (SSSR count). The van der Waals surface area contributed by atoms with E-state index in [0.29, 0.717) is 0 Å². The SMILES string of the molecule is Ic1c2nc(cc3ccc(cc4ccc(cc5nc1C=C5)[nH]4)[nH]3)C=C2. The largest absolute Gasteiger partial charge is 0.355 e. The van der Waals surface area contributed by atoms with Crippen molar-refractivity contribution in [2.45, 2.75) is 0 Å². The summed E-state index contributed by atoms with van der Waals surface area (Å²) in [6.45, 7) is 0. The van der Waals surface area contributed by atoms with Crippen molar-refractivity contribution in [2.24, 2.45) is 0 Å². The van der Waals surface area contributed by atoms with Gasteiger partial charge in [0, 0.05) is 22.1 Å². The summed E-state index contributed by atoms with van der Waals surface area (Å²) >= 11 is 2.32. The quantitative estimate of drug-likeness (QED) is 0.326. The Morgan fingerprint density at radius 2 is 1.04 bits per heavy atom. The molecule has 0 saturated carbocycles. The summed E-state index contributed by atoms with van der Waals surface area (Å²) in [7, 11) is 0. The zero-order valence-electron chi connectivity index (χ0n) is 13.1. The Kier molecular flexibility index (Phi) is 3.34. The third-order valence-corrected chi connectivity index (χ3v) is 5.26. The van der Waals surface area contributed by atoms with Crippen LogP contribution < -0.4 is 0 Å². The Balaban J connectivity index is 1.88. The van der Waals surface area contributed by atoms with Gasteiger partial charge in [0.15, 0.2) is 0 Å². The molecular formula is C20H13IN4. The number of aromatic nitrogens is 4. The van der Waals surface area contributed by atoms with E-state index in [-0.39, 0.29) is 0 Å². The maximum absolute atomic E-state index is 4.71. The van der Waals surface area contributed by atoms with E-state index in [9.17, 15) is 0 Å². The van der Waals surface area contributed by atoms with Crippen molar-refractivity contribution in [3.63, 3.8) is 0 Å². The third-order valence-electron chi connectivity index (χ3n) is 4.15. The van der Waals surface area contributed by atoms with E-state index in [2.05, 4.69) is 62.9 Å². The number of hydrogen-bond donors (Lipinski definition) is 2. The molecule has 0 amide bonds. The van der Waals surface area contributed by atoms with E-state index >= 15 is 0 Å². The van der Waals surface area contributed by atoms with Gasteiger partial charge < -0.3 is 9.97 Å². The first-order valence-electron chi connectivity index (χ1n) is 7.96. The number of hydrogen-bond acceptors (Lipinski definition) is 2. The van der Waals surface area contributed by atoms with E-state index in [0.717, 1.165) is 48.4 Å². The van der Waals surface area contributed by atoms with Gasteiger partial charge in [-0.25, -0.2) is 9.97 Å². The molecule has 0 aromatic carbocycles. The molecule has 0 aliphatic carbocycles. The zero-order chi connectivity index (χ0) is 16.8. The fourth-order valence-corrected chi connectivity index (χ4v) is 3.58. The van der Waals surface area contributed by atoms with Crippen LogP contribution in [0.5, 0.6) is 0 Å². The van der Waals surface area contributed by atoms with Gasteiger partial charge >= 0.3 is 0 Å². The van der Waals surface area contributed by atoms with Crippen molar-refractivity contribution < 1.29 is 0 Å². The minimum atomic E-state index is 0.935. The van der Waals surface area contributed by atoms with E-state index < -0.39 is 0 Å². The van der Waals surface area contributed by atoms with Crippen molar-refractivity contribution in [1.82, 2.24) is 19.9 Å². The number of nitrogens with one attached hydrogen (secondary N) is 2. The second-order valence-corrected chi connectivity index (χ2v) is 7.07. The summed E-state index contributed by atoms with van der Waals surface area (Å²) in [5, 5.41) is 0. The molecule has 0 fully saturated rings. The van der Waals surface area contributed by atoms with Crippen LogP contribution in [0.4, 0.5) is 0 Å². The lowest BCUT2D eigenvalue weighted by molar-refractivity contribution is 1.25. The highest BCUT2D eigenvalue weighted by molar-refractivity contribution is 14.1. The number of fused-ring (bicyclic) bond motifs is 8. The van der Waals surface area contributed by atoms with Gasteiger partial charge in [-0.3, -0.25) is 0 Å². The second-order valence-electron chi connectivity index (χ2n) is 6.00. The predicted molar refractivity (Wildman–Crippen MR) is 112 cm³/mol. The highest BCUT2D eigenvalue weighted by Gasteiger charge is 2.08. The van der Waals surface area contributed by atoms with Gasteiger partial charge in [-0.1, -0.05) is 0 Å². The summed E-state index contributed by atoms with van der Waals surface area (Å²) < 4.78 is 1.05. The zero-order valence-corrected chi connectivity index (χ0v) is 15.3. The predicted octanol–water partition coefficient (Wildman–Crippen LogP) is 5.26. The Hall–Kier alpha value is -2.67. The smallest absolute Gasteiger partial charge is 0.0793 e. The molecule has 25 heavy (non-hydrogen) atoms. The molecule has 8 bridgehead atoms. The third kappa shape index (κ3) is 2.80. The average molecular weight is 436 g/mol. The molecule has 5 heterocycles. The van der Waals surface area contributed by atoms with Crippen LogP contribution in [-0.4, -0.2) is 19.9 Å². The van der Waals surface area contributed by atoms with Crippen molar-refractivity contribution in [1.29, 1.82) is 0 Å². The lowest BCUT2D eigenvalue weighted by Gasteiger charge is -1.92. The van der Waals surface area contributed by atoms with Gasteiger partial charge in [-0.15, -0.1) is 0 Å². The molecule has 0 atom stereocenters. The van der Waals surface area contributed by atoms with E-state index in [1.807, 2.05) is 36.4 Å². The Bertz CT molecular complexity index is 1120. The van der Waals surface area contributed by atoms with Crippen LogP contribution in [-0.2, 0) is 0 Å². The van der Waals surface area contributed by atoms with E-state index in [1.54, 1.807) is 0 Å². The van der Waals surface area contributed by atoms with Crippen LogP contribution in [0, 0.1) is 3.57 Å². The number of halogens is 1. The molecule has 0 radical (unpaired) electrons. The molecule has 0 unspecified atom stereocenters. The Labute approximate surface area is 157 Å². The monoisotopic (exact) mass is 436 g/mol. The van der Waals surface area contributed by atoms with Crippen molar-refractivity contribution in [2.75, 3.05) is 0 Å². The lowest BCUT2D eigenvalue weighted by Crippen LogP contribution is -1.85. The van der Waals surface area contributed by atoms with E-state index in [1.165, 1.54) is 0 Å². The fraction of sp³-hybridized carbons (Fsp3) is 0. The molecule has 2 aliphatic rings. The van der Waals surface area contributed by atoms with Gasteiger partial charge in [0.2, 0.25) is 0 Å². The maximum Gasteiger partial charge on any atom is 0.0793 e. The normalized spacial score (nSPS) is 12.7. The van der Waals surface area contributed by atoms with Crippen molar-refractivity contribution in [3.8, 4) is 0 Å². The molecule has 2 aliphatic heterocycles. The number of nitrogens with zero attached hydrogens (tertiary/aromatic N) is 2. The minimum absolute atomic E-state index is 0.935. The van der Waals surface area contributed by atoms with Gasteiger partial charge in [-0.2, -0.15) is 0 Å². The summed E-state index contributed by atoms with van der Waals surface area (Å²) in [4.78, 5) is 16.2. The number of H-pyrrole nitrogens is 2. The minimum Gasteiger partial charge on any atom is -0.355 e. The molecular weight excluding hydrogens is 423 g/mol. The topological polar surface area (TPSA) is 57.4 Å². The maximum atomic E-state index is 4.71. The molecule has 3 aromatic rings. The lowest BCUT2D eigenvalue weighted by atomic mass is 10.3.